The van der Waals surface area contributed by atoms with Crippen molar-refractivity contribution >= 4 is 40.3 Å². The number of aromatic hydroxyl groups is 1. The van der Waals surface area contributed by atoms with Crippen molar-refractivity contribution in [3.05, 3.63) is 63.0 Å². The van der Waals surface area contributed by atoms with Gasteiger partial charge in [0.2, 0.25) is 5.75 Å². The predicted octanol–water partition coefficient (Wildman–Crippen LogP) is 5.25. The first-order valence-electron chi connectivity index (χ1n) is 10.4. The number of phenolic OH excluding ortho intramolecular Hbond substituents is 1. The van der Waals surface area contributed by atoms with Crippen LogP contribution in [0.25, 0.3) is 6.08 Å². The molecule has 9 heteroatoms. The summed E-state index contributed by atoms with van der Waals surface area (Å²) in [5.41, 5.74) is 0.674. The second-order valence-electron chi connectivity index (χ2n) is 7.66. The molecule has 0 spiro atoms. The highest BCUT2D eigenvalue weighted by Crippen LogP contribution is 2.41. The van der Waals surface area contributed by atoms with E-state index in [-0.39, 0.29) is 17.7 Å². The van der Waals surface area contributed by atoms with Crippen LogP contribution in [0.2, 0.25) is 0 Å². The van der Waals surface area contributed by atoms with Crippen LogP contribution in [0.15, 0.2) is 52.4 Å². The molecular weight excluding hydrogens is 430 g/mol. The van der Waals surface area contributed by atoms with Crippen molar-refractivity contribution in [2.24, 2.45) is 4.99 Å². The average molecular weight is 454 g/mol. The number of hydrogen-bond acceptors (Lipinski definition) is 7. The number of nitro groups is 1. The minimum Gasteiger partial charge on any atom is -0.500 e. The van der Waals surface area contributed by atoms with E-state index >= 15 is 0 Å². The van der Waals surface area contributed by atoms with E-state index in [4.69, 9.17) is 9.73 Å². The van der Waals surface area contributed by atoms with Gasteiger partial charge in [-0.3, -0.25) is 19.8 Å². The molecule has 1 heterocycles. The van der Waals surface area contributed by atoms with E-state index in [1.54, 1.807) is 11.0 Å². The Morgan fingerprint density at radius 3 is 2.59 bits per heavy atom. The summed E-state index contributed by atoms with van der Waals surface area (Å²) in [6, 6.07) is 12.2. The monoisotopic (exact) mass is 453 g/mol. The van der Waals surface area contributed by atoms with Gasteiger partial charge in [0.1, 0.15) is 0 Å². The third-order valence-corrected chi connectivity index (χ3v) is 6.53. The van der Waals surface area contributed by atoms with Crippen LogP contribution in [0.4, 0.5) is 11.4 Å². The number of phenols is 1. The Balaban J connectivity index is 1.74. The Hall–Kier alpha value is -3.33. The number of benzene rings is 2. The molecule has 8 nitrogen and oxygen atoms in total. The first kappa shape index (κ1) is 21.9. The van der Waals surface area contributed by atoms with Crippen LogP contribution in [0.5, 0.6) is 11.5 Å². The van der Waals surface area contributed by atoms with E-state index in [0.717, 1.165) is 37.8 Å². The van der Waals surface area contributed by atoms with Crippen molar-refractivity contribution in [1.29, 1.82) is 0 Å². The highest BCUT2D eigenvalue weighted by Gasteiger charge is 2.38. The maximum atomic E-state index is 13.4. The van der Waals surface area contributed by atoms with Crippen molar-refractivity contribution < 1.29 is 19.6 Å². The summed E-state index contributed by atoms with van der Waals surface area (Å²) < 4.78 is 5.07. The third-order valence-electron chi connectivity index (χ3n) is 5.55. The lowest BCUT2D eigenvalue weighted by Gasteiger charge is -2.30. The smallest absolute Gasteiger partial charge is 0.315 e. The van der Waals surface area contributed by atoms with Gasteiger partial charge in [0.15, 0.2) is 10.9 Å². The first-order chi connectivity index (χ1) is 15.5. The van der Waals surface area contributed by atoms with E-state index in [1.165, 1.54) is 31.0 Å². The molecule has 2 aliphatic rings. The number of amidine groups is 1. The fourth-order valence-electron chi connectivity index (χ4n) is 3.98. The number of nitro benzene ring substituents is 1. The molecular formula is C23H23N3O5S. The van der Waals surface area contributed by atoms with Crippen LogP contribution in [0.1, 0.15) is 37.7 Å². The summed E-state index contributed by atoms with van der Waals surface area (Å²) in [6.45, 7) is 0. The van der Waals surface area contributed by atoms with Gasteiger partial charge in [-0.25, -0.2) is 4.99 Å². The molecule has 1 saturated carbocycles. The number of rotatable bonds is 5. The van der Waals surface area contributed by atoms with E-state index in [0.29, 0.717) is 15.6 Å². The fourth-order valence-corrected chi connectivity index (χ4v) is 5.04. The number of carbonyl (C=O) groups is 1. The van der Waals surface area contributed by atoms with Crippen molar-refractivity contribution in [2.45, 2.75) is 38.1 Å². The molecule has 0 atom stereocenters. The zero-order chi connectivity index (χ0) is 22.7. The van der Waals surface area contributed by atoms with Crippen LogP contribution >= 0.6 is 11.8 Å². The van der Waals surface area contributed by atoms with Gasteiger partial charge in [-0.1, -0.05) is 37.5 Å². The van der Waals surface area contributed by atoms with Crippen molar-refractivity contribution in [1.82, 2.24) is 4.90 Å². The van der Waals surface area contributed by atoms with Gasteiger partial charge in [-0.05, 0) is 54.4 Å². The third kappa shape index (κ3) is 4.47. The molecule has 2 aromatic carbocycles. The van der Waals surface area contributed by atoms with Crippen molar-refractivity contribution in [3.63, 3.8) is 0 Å². The SMILES string of the molecule is COc1cc(C=C2SC(=Nc3ccccc3)N(C3CCCCC3)C2=O)cc([N+](=O)[O-])c1O. The Kier molecular flexibility index (Phi) is 6.45. The zero-order valence-electron chi connectivity index (χ0n) is 17.6. The largest absolute Gasteiger partial charge is 0.500 e. The molecule has 1 amide bonds. The molecule has 0 aromatic heterocycles. The zero-order valence-corrected chi connectivity index (χ0v) is 18.4. The number of thioether (sulfide) groups is 1. The lowest BCUT2D eigenvalue weighted by molar-refractivity contribution is -0.386. The van der Waals surface area contributed by atoms with Crippen LogP contribution in [-0.4, -0.2) is 39.2 Å². The summed E-state index contributed by atoms with van der Waals surface area (Å²) >= 11 is 1.26. The molecule has 2 fully saturated rings. The number of ether oxygens (including phenoxy) is 1. The van der Waals surface area contributed by atoms with Gasteiger partial charge < -0.3 is 9.84 Å². The van der Waals surface area contributed by atoms with Crippen LogP contribution in [0, 0.1) is 10.1 Å². The normalized spacial score (nSPS) is 19.7. The van der Waals surface area contributed by atoms with E-state index < -0.39 is 16.4 Å². The maximum absolute atomic E-state index is 13.4. The van der Waals surface area contributed by atoms with Gasteiger partial charge in [-0.2, -0.15) is 0 Å². The Bertz CT molecular complexity index is 1090. The highest BCUT2D eigenvalue weighted by molar-refractivity contribution is 8.18. The second kappa shape index (κ2) is 9.44. The van der Waals surface area contributed by atoms with Gasteiger partial charge >= 0.3 is 5.69 Å². The number of nitrogens with zero attached hydrogens (tertiary/aromatic N) is 3. The first-order valence-corrected chi connectivity index (χ1v) is 11.2. The molecule has 1 saturated heterocycles. The number of carbonyl (C=O) groups excluding carboxylic acids is 1. The minimum absolute atomic E-state index is 0.0243. The summed E-state index contributed by atoms with van der Waals surface area (Å²) in [7, 11) is 1.32. The average Bonchev–Trinajstić information content (AvgIpc) is 3.10. The summed E-state index contributed by atoms with van der Waals surface area (Å²) in [5.74, 6) is -0.727. The van der Waals surface area contributed by atoms with Crippen LogP contribution in [-0.2, 0) is 4.79 Å². The number of methoxy groups -OCH3 is 1. The predicted molar refractivity (Wildman–Crippen MR) is 124 cm³/mol. The molecule has 1 aliphatic heterocycles. The van der Waals surface area contributed by atoms with Gasteiger partial charge in [0.25, 0.3) is 5.91 Å². The minimum atomic E-state index is -0.680. The number of aliphatic imine (C=N–C) groups is 1. The van der Waals surface area contributed by atoms with Crippen LogP contribution in [0.3, 0.4) is 0 Å². The molecule has 4 rings (SSSR count). The summed E-state index contributed by atoms with van der Waals surface area (Å²) in [4.78, 5) is 31.0. The van der Waals surface area contributed by atoms with E-state index in [9.17, 15) is 20.0 Å². The molecule has 166 valence electrons. The summed E-state index contributed by atoms with van der Waals surface area (Å²) in [6.07, 6.45) is 6.73. The van der Waals surface area contributed by atoms with Gasteiger partial charge in [0, 0.05) is 12.1 Å². The topological polar surface area (TPSA) is 105 Å². The summed E-state index contributed by atoms with van der Waals surface area (Å²) in [5, 5.41) is 22.0. The van der Waals surface area contributed by atoms with E-state index in [2.05, 4.69) is 0 Å². The lowest BCUT2D eigenvalue weighted by atomic mass is 9.94. The molecule has 0 radical (unpaired) electrons. The molecule has 2 aromatic rings. The number of hydrogen-bond donors (Lipinski definition) is 1. The lowest BCUT2D eigenvalue weighted by Crippen LogP contribution is -2.40. The highest BCUT2D eigenvalue weighted by atomic mass is 32.2. The molecule has 1 aliphatic carbocycles. The number of amides is 1. The Labute approximate surface area is 189 Å². The van der Waals surface area contributed by atoms with Crippen molar-refractivity contribution in [3.8, 4) is 11.5 Å². The van der Waals surface area contributed by atoms with Crippen LogP contribution < -0.4 is 4.74 Å². The van der Waals surface area contributed by atoms with Crippen molar-refractivity contribution in [2.75, 3.05) is 7.11 Å². The van der Waals surface area contributed by atoms with Gasteiger partial charge in [-0.15, -0.1) is 0 Å². The fraction of sp³-hybridized carbons (Fsp3) is 0.304. The molecule has 1 N–H and O–H groups in total. The molecule has 0 unspecified atom stereocenters. The van der Waals surface area contributed by atoms with Gasteiger partial charge in [0.05, 0.1) is 22.6 Å². The number of para-hydroxylation sites is 1. The molecule has 32 heavy (non-hydrogen) atoms. The Morgan fingerprint density at radius 1 is 1.22 bits per heavy atom. The Morgan fingerprint density at radius 2 is 1.94 bits per heavy atom. The standard InChI is InChI=1S/C23H23N3O5S/c1-31-19-13-15(12-18(21(19)27)26(29)30)14-20-22(28)25(17-10-6-3-7-11-17)23(32-20)24-16-8-4-2-5-9-16/h2,4-5,8-9,12-14,17,27H,3,6-7,10-11H2,1H3. The second-order valence-corrected chi connectivity index (χ2v) is 8.66. The van der Waals surface area contributed by atoms with E-state index in [1.807, 2.05) is 30.3 Å². The quantitative estimate of drug-likeness (QED) is 0.377. The molecule has 0 bridgehead atoms. The maximum Gasteiger partial charge on any atom is 0.315 e.